The van der Waals surface area contributed by atoms with Crippen LogP contribution in [0.3, 0.4) is 0 Å². The predicted molar refractivity (Wildman–Crippen MR) is 66.4 cm³/mol. The molecule has 0 atom stereocenters. The van der Waals surface area contributed by atoms with E-state index in [9.17, 15) is 0 Å². The van der Waals surface area contributed by atoms with Crippen molar-refractivity contribution in [1.82, 2.24) is 4.98 Å². The van der Waals surface area contributed by atoms with Crippen LogP contribution in [0.4, 0.5) is 10.8 Å². The lowest BCUT2D eigenvalue weighted by atomic mass is 10.2. The maximum atomic E-state index is 5.80. The fourth-order valence-electron chi connectivity index (χ4n) is 1.35. The van der Waals surface area contributed by atoms with Crippen molar-refractivity contribution in [3.8, 4) is 0 Å². The summed E-state index contributed by atoms with van der Waals surface area (Å²) in [6.07, 6.45) is 0. The van der Waals surface area contributed by atoms with Crippen molar-refractivity contribution >= 4 is 33.8 Å². The van der Waals surface area contributed by atoms with Crippen LogP contribution in [0.15, 0.2) is 29.6 Å². The lowest BCUT2D eigenvalue weighted by molar-refractivity contribution is 1.17. The van der Waals surface area contributed by atoms with Crippen LogP contribution in [0.5, 0.6) is 0 Å². The zero-order chi connectivity index (χ0) is 10.8. The normalized spacial score (nSPS) is 10.3. The van der Waals surface area contributed by atoms with Crippen molar-refractivity contribution < 1.29 is 0 Å². The Balaban J connectivity index is 2.32. The Labute approximate surface area is 98.1 Å². The highest BCUT2D eigenvalue weighted by atomic mass is 35.5. The number of thiazole rings is 1. The third kappa shape index (κ3) is 2.30. The van der Waals surface area contributed by atoms with Gasteiger partial charge in [-0.2, -0.15) is 0 Å². The second-order valence-corrected chi connectivity index (χ2v) is 4.57. The first-order valence-corrected chi connectivity index (χ1v) is 5.84. The number of aromatic nitrogens is 1. The van der Waals surface area contributed by atoms with Gasteiger partial charge in [-0.25, -0.2) is 4.98 Å². The molecule has 0 bridgehead atoms. The molecule has 4 heteroatoms. The molecule has 1 heterocycles. The monoisotopic (exact) mass is 238 g/mol. The second-order valence-electron chi connectivity index (χ2n) is 3.35. The number of halogens is 1. The van der Waals surface area contributed by atoms with E-state index in [0.29, 0.717) is 5.15 Å². The fraction of sp³-hybridized carbons (Fsp3) is 0.182. The molecule has 0 saturated carbocycles. The van der Waals surface area contributed by atoms with Gasteiger partial charge in [0.15, 0.2) is 5.13 Å². The van der Waals surface area contributed by atoms with Crippen LogP contribution in [-0.4, -0.2) is 12.0 Å². The van der Waals surface area contributed by atoms with Gasteiger partial charge in [0.05, 0.1) is 0 Å². The molecule has 0 saturated heterocycles. The number of anilines is 2. The van der Waals surface area contributed by atoms with E-state index in [2.05, 4.69) is 30.1 Å². The SMILES string of the molecule is Cc1cccc(N(C)c2nc(Cl)cs2)c1. The molecule has 0 aliphatic carbocycles. The van der Waals surface area contributed by atoms with Crippen molar-refractivity contribution in [2.75, 3.05) is 11.9 Å². The molecule has 78 valence electrons. The third-order valence-corrected chi connectivity index (χ3v) is 3.38. The van der Waals surface area contributed by atoms with Gasteiger partial charge >= 0.3 is 0 Å². The lowest BCUT2D eigenvalue weighted by Gasteiger charge is -2.15. The smallest absolute Gasteiger partial charge is 0.191 e. The maximum absolute atomic E-state index is 5.80. The van der Waals surface area contributed by atoms with Crippen LogP contribution in [0.25, 0.3) is 0 Å². The van der Waals surface area contributed by atoms with Crippen LogP contribution in [-0.2, 0) is 0 Å². The third-order valence-electron chi connectivity index (χ3n) is 2.14. The Hall–Kier alpha value is -1.06. The number of aryl methyl sites for hydroxylation is 1. The van der Waals surface area contributed by atoms with Gasteiger partial charge in [-0.05, 0) is 24.6 Å². The molecule has 2 rings (SSSR count). The summed E-state index contributed by atoms with van der Waals surface area (Å²) in [6, 6.07) is 8.29. The number of hydrogen-bond acceptors (Lipinski definition) is 3. The lowest BCUT2D eigenvalue weighted by Crippen LogP contribution is -2.08. The van der Waals surface area contributed by atoms with Gasteiger partial charge in [-0.3, -0.25) is 0 Å². The Bertz CT molecular complexity index is 467. The summed E-state index contributed by atoms with van der Waals surface area (Å²) < 4.78 is 0. The van der Waals surface area contributed by atoms with Gasteiger partial charge in [-0.15, -0.1) is 11.3 Å². The van der Waals surface area contributed by atoms with Gasteiger partial charge < -0.3 is 4.90 Å². The summed E-state index contributed by atoms with van der Waals surface area (Å²) in [5.41, 5.74) is 2.36. The number of rotatable bonds is 2. The minimum Gasteiger partial charge on any atom is -0.321 e. The quantitative estimate of drug-likeness (QED) is 0.790. The predicted octanol–water partition coefficient (Wildman–Crippen LogP) is 3.87. The first kappa shape index (κ1) is 10.5. The summed E-state index contributed by atoms with van der Waals surface area (Å²) in [5, 5.41) is 3.29. The van der Waals surface area contributed by atoms with E-state index in [1.165, 1.54) is 5.56 Å². The summed E-state index contributed by atoms with van der Waals surface area (Å²) in [5.74, 6) is 0. The summed E-state index contributed by atoms with van der Waals surface area (Å²) in [7, 11) is 1.99. The van der Waals surface area contributed by atoms with Crippen molar-refractivity contribution in [3.63, 3.8) is 0 Å². The van der Waals surface area contributed by atoms with Crippen LogP contribution in [0.2, 0.25) is 5.15 Å². The van der Waals surface area contributed by atoms with Gasteiger partial charge in [0, 0.05) is 18.1 Å². The van der Waals surface area contributed by atoms with Crippen molar-refractivity contribution in [1.29, 1.82) is 0 Å². The van der Waals surface area contributed by atoms with Crippen molar-refractivity contribution in [2.45, 2.75) is 6.92 Å². The zero-order valence-electron chi connectivity index (χ0n) is 8.57. The molecule has 0 N–H and O–H groups in total. The molecule has 0 amide bonds. The van der Waals surface area contributed by atoms with E-state index in [4.69, 9.17) is 11.6 Å². The van der Waals surface area contributed by atoms with E-state index in [0.717, 1.165) is 10.8 Å². The maximum Gasteiger partial charge on any atom is 0.191 e. The molecular weight excluding hydrogens is 228 g/mol. The van der Waals surface area contributed by atoms with Crippen LogP contribution >= 0.6 is 22.9 Å². The highest BCUT2D eigenvalue weighted by Crippen LogP contribution is 2.28. The summed E-state index contributed by atoms with van der Waals surface area (Å²) in [4.78, 5) is 6.26. The second kappa shape index (κ2) is 4.21. The highest BCUT2D eigenvalue weighted by molar-refractivity contribution is 7.14. The topological polar surface area (TPSA) is 16.1 Å². The molecule has 1 aromatic heterocycles. The van der Waals surface area contributed by atoms with Gasteiger partial charge in [0.2, 0.25) is 0 Å². The van der Waals surface area contributed by atoms with E-state index < -0.39 is 0 Å². The number of benzene rings is 1. The molecule has 0 radical (unpaired) electrons. The van der Waals surface area contributed by atoms with E-state index in [1.54, 1.807) is 11.3 Å². The fourth-order valence-corrected chi connectivity index (χ4v) is 2.28. The minimum absolute atomic E-state index is 0.550. The average molecular weight is 239 g/mol. The molecule has 0 fully saturated rings. The standard InChI is InChI=1S/C11H11ClN2S/c1-8-4-3-5-9(6-8)14(2)11-13-10(12)7-15-11/h3-7H,1-2H3. The summed E-state index contributed by atoms with van der Waals surface area (Å²) in [6.45, 7) is 2.08. The molecule has 2 nitrogen and oxygen atoms in total. The van der Waals surface area contributed by atoms with E-state index in [1.807, 2.05) is 23.4 Å². The molecule has 0 aliphatic rings. The van der Waals surface area contributed by atoms with Gasteiger partial charge in [-0.1, -0.05) is 23.7 Å². The highest BCUT2D eigenvalue weighted by Gasteiger charge is 2.07. The zero-order valence-corrected chi connectivity index (χ0v) is 10.1. The van der Waals surface area contributed by atoms with Crippen LogP contribution in [0.1, 0.15) is 5.56 Å². The van der Waals surface area contributed by atoms with E-state index >= 15 is 0 Å². The average Bonchev–Trinajstić information content (AvgIpc) is 2.64. The molecule has 1 aromatic carbocycles. The van der Waals surface area contributed by atoms with E-state index in [-0.39, 0.29) is 0 Å². The van der Waals surface area contributed by atoms with Crippen molar-refractivity contribution in [2.24, 2.45) is 0 Å². The van der Waals surface area contributed by atoms with Crippen LogP contribution in [0, 0.1) is 6.92 Å². The number of nitrogens with zero attached hydrogens (tertiary/aromatic N) is 2. The largest absolute Gasteiger partial charge is 0.321 e. The van der Waals surface area contributed by atoms with Crippen molar-refractivity contribution in [3.05, 3.63) is 40.4 Å². The van der Waals surface area contributed by atoms with Gasteiger partial charge in [0.1, 0.15) is 5.15 Å². The molecule has 2 aromatic rings. The Morgan fingerprint density at radius 3 is 2.80 bits per heavy atom. The summed E-state index contributed by atoms with van der Waals surface area (Å²) >= 11 is 7.34. The van der Waals surface area contributed by atoms with Crippen LogP contribution < -0.4 is 4.90 Å². The molecule has 0 unspecified atom stereocenters. The first-order valence-electron chi connectivity index (χ1n) is 4.58. The molecule has 0 aliphatic heterocycles. The molecular formula is C11H11ClN2S. The Kier molecular flexibility index (Phi) is 2.93. The molecule has 15 heavy (non-hydrogen) atoms. The number of hydrogen-bond donors (Lipinski definition) is 0. The Morgan fingerprint density at radius 2 is 2.20 bits per heavy atom. The molecule has 0 spiro atoms. The van der Waals surface area contributed by atoms with Gasteiger partial charge in [0.25, 0.3) is 0 Å². The minimum atomic E-state index is 0.550. The first-order chi connectivity index (χ1) is 7.16. The Morgan fingerprint density at radius 1 is 1.40 bits per heavy atom.